The molecule has 0 amide bonds. The van der Waals surface area contributed by atoms with Crippen LogP contribution in [0.15, 0.2) is 12.1 Å². The van der Waals surface area contributed by atoms with E-state index >= 15 is 0 Å². The van der Waals surface area contributed by atoms with Gasteiger partial charge in [-0.2, -0.15) is 0 Å². The average Bonchev–Trinajstić information content (AvgIpc) is 2.64. The maximum atomic E-state index is 10.6. The minimum Gasteiger partial charge on any atom is -0.390 e. The number of thiophene rings is 1. The van der Waals surface area contributed by atoms with Gasteiger partial charge in [0.2, 0.25) is 0 Å². The minimum atomic E-state index is -0.528. The van der Waals surface area contributed by atoms with E-state index in [1.54, 1.807) is 0 Å². The third-order valence-electron chi connectivity index (χ3n) is 3.10. The Kier molecular flexibility index (Phi) is 3.30. The third kappa shape index (κ3) is 2.62. The standard InChI is InChI=1S/C12H17NO2S/c1-12(15)5-2-7-13(8-6-12)11-4-3-10(9-14)16-11/h3-4,9,15H,2,5-8H2,1H3. The monoisotopic (exact) mass is 239 g/mol. The first-order valence-electron chi connectivity index (χ1n) is 5.63. The molecule has 2 heterocycles. The summed E-state index contributed by atoms with van der Waals surface area (Å²) in [5.74, 6) is 0. The van der Waals surface area contributed by atoms with Crippen molar-refractivity contribution < 1.29 is 9.90 Å². The van der Waals surface area contributed by atoms with E-state index in [0.717, 1.165) is 48.5 Å². The van der Waals surface area contributed by atoms with E-state index in [4.69, 9.17) is 0 Å². The molecule has 2 rings (SSSR count). The predicted octanol–water partition coefficient (Wildman–Crippen LogP) is 2.30. The summed E-state index contributed by atoms with van der Waals surface area (Å²) in [6.45, 7) is 3.74. The van der Waals surface area contributed by atoms with Crippen molar-refractivity contribution in [3.63, 3.8) is 0 Å². The van der Waals surface area contributed by atoms with Gasteiger partial charge in [-0.05, 0) is 38.3 Å². The van der Waals surface area contributed by atoms with Crippen molar-refractivity contribution in [1.82, 2.24) is 0 Å². The largest absolute Gasteiger partial charge is 0.390 e. The van der Waals surface area contributed by atoms with Gasteiger partial charge in [0.1, 0.15) is 0 Å². The van der Waals surface area contributed by atoms with Gasteiger partial charge in [0.05, 0.1) is 15.5 Å². The number of nitrogens with zero attached hydrogens (tertiary/aromatic N) is 1. The maximum Gasteiger partial charge on any atom is 0.160 e. The summed E-state index contributed by atoms with van der Waals surface area (Å²) in [7, 11) is 0. The van der Waals surface area contributed by atoms with Crippen molar-refractivity contribution in [1.29, 1.82) is 0 Å². The normalized spacial score (nSPS) is 26.5. The summed E-state index contributed by atoms with van der Waals surface area (Å²) in [5.41, 5.74) is -0.528. The van der Waals surface area contributed by atoms with E-state index in [1.807, 2.05) is 19.1 Å². The second-order valence-corrected chi connectivity index (χ2v) is 5.73. The molecule has 1 aliphatic rings. The molecule has 1 aromatic rings. The van der Waals surface area contributed by atoms with Gasteiger partial charge in [-0.1, -0.05) is 0 Å². The highest BCUT2D eigenvalue weighted by Gasteiger charge is 2.25. The van der Waals surface area contributed by atoms with Crippen molar-refractivity contribution in [2.45, 2.75) is 31.8 Å². The molecule has 1 aromatic heterocycles. The molecule has 4 heteroatoms. The van der Waals surface area contributed by atoms with E-state index in [1.165, 1.54) is 11.3 Å². The Balaban J connectivity index is 2.07. The average molecular weight is 239 g/mol. The van der Waals surface area contributed by atoms with Gasteiger partial charge in [0, 0.05) is 13.1 Å². The van der Waals surface area contributed by atoms with E-state index in [2.05, 4.69) is 4.90 Å². The highest BCUT2D eigenvalue weighted by Crippen LogP contribution is 2.29. The fraction of sp³-hybridized carbons (Fsp3) is 0.583. The molecule has 1 aliphatic heterocycles. The molecule has 0 spiro atoms. The van der Waals surface area contributed by atoms with E-state index in [0.29, 0.717) is 0 Å². The summed E-state index contributed by atoms with van der Waals surface area (Å²) < 4.78 is 0. The van der Waals surface area contributed by atoms with Crippen LogP contribution in [0.5, 0.6) is 0 Å². The van der Waals surface area contributed by atoms with Crippen molar-refractivity contribution in [2.75, 3.05) is 18.0 Å². The topological polar surface area (TPSA) is 40.5 Å². The molecule has 0 saturated carbocycles. The summed E-state index contributed by atoms with van der Waals surface area (Å²) in [6.07, 6.45) is 3.54. The number of hydrogen-bond acceptors (Lipinski definition) is 4. The van der Waals surface area contributed by atoms with Gasteiger partial charge in [0.25, 0.3) is 0 Å². The van der Waals surface area contributed by atoms with Crippen LogP contribution in [0.25, 0.3) is 0 Å². The minimum absolute atomic E-state index is 0.528. The molecule has 0 aromatic carbocycles. The van der Waals surface area contributed by atoms with Gasteiger partial charge in [-0.15, -0.1) is 11.3 Å². The molecule has 16 heavy (non-hydrogen) atoms. The second-order valence-electron chi connectivity index (χ2n) is 4.63. The number of carbonyl (C=O) groups excluding carboxylic acids is 1. The zero-order valence-corrected chi connectivity index (χ0v) is 10.3. The van der Waals surface area contributed by atoms with Crippen molar-refractivity contribution in [2.24, 2.45) is 0 Å². The van der Waals surface area contributed by atoms with Crippen LogP contribution in [0.4, 0.5) is 5.00 Å². The van der Waals surface area contributed by atoms with Gasteiger partial charge in [-0.25, -0.2) is 0 Å². The van der Waals surface area contributed by atoms with Gasteiger partial charge in [-0.3, -0.25) is 4.79 Å². The van der Waals surface area contributed by atoms with E-state index in [9.17, 15) is 9.90 Å². The predicted molar refractivity (Wildman–Crippen MR) is 66.4 cm³/mol. The lowest BCUT2D eigenvalue weighted by Crippen LogP contribution is -2.27. The smallest absolute Gasteiger partial charge is 0.160 e. The van der Waals surface area contributed by atoms with Crippen molar-refractivity contribution >= 4 is 22.6 Å². The molecule has 0 radical (unpaired) electrons. The highest BCUT2D eigenvalue weighted by atomic mass is 32.1. The van der Waals surface area contributed by atoms with Gasteiger partial charge >= 0.3 is 0 Å². The molecule has 0 aliphatic carbocycles. The number of aldehydes is 1. The second kappa shape index (κ2) is 4.55. The highest BCUT2D eigenvalue weighted by molar-refractivity contribution is 7.17. The van der Waals surface area contributed by atoms with Crippen LogP contribution in [0.2, 0.25) is 0 Å². The Labute approximate surface area is 99.7 Å². The number of rotatable bonds is 2. The molecule has 88 valence electrons. The van der Waals surface area contributed by atoms with Gasteiger partial charge in [0.15, 0.2) is 6.29 Å². The van der Waals surface area contributed by atoms with Crippen LogP contribution in [0.3, 0.4) is 0 Å². The molecular formula is C12H17NO2S. The lowest BCUT2D eigenvalue weighted by molar-refractivity contribution is 0.0481. The van der Waals surface area contributed by atoms with Crippen LogP contribution >= 0.6 is 11.3 Å². The fourth-order valence-corrected chi connectivity index (χ4v) is 2.93. The van der Waals surface area contributed by atoms with Gasteiger partial charge < -0.3 is 10.0 Å². The molecule has 1 atom stereocenters. The SMILES string of the molecule is CC1(O)CCCN(c2ccc(C=O)s2)CC1. The lowest BCUT2D eigenvalue weighted by Gasteiger charge is -2.22. The fourth-order valence-electron chi connectivity index (χ4n) is 2.06. The lowest BCUT2D eigenvalue weighted by atomic mass is 9.98. The molecular weight excluding hydrogens is 222 g/mol. The quantitative estimate of drug-likeness (QED) is 0.805. The van der Waals surface area contributed by atoms with E-state index < -0.39 is 5.60 Å². The van der Waals surface area contributed by atoms with Crippen molar-refractivity contribution in [3.8, 4) is 0 Å². The van der Waals surface area contributed by atoms with Crippen LogP contribution in [-0.4, -0.2) is 30.1 Å². The summed E-state index contributed by atoms with van der Waals surface area (Å²) in [4.78, 5) is 13.7. The molecule has 1 N–H and O–H groups in total. The number of anilines is 1. The first kappa shape index (κ1) is 11.6. The Morgan fingerprint density at radius 3 is 2.94 bits per heavy atom. The zero-order valence-electron chi connectivity index (χ0n) is 9.48. The zero-order chi connectivity index (χ0) is 11.6. The first-order valence-corrected chi connectivity index (χ1v) is 6.45. The number of aliphatic hydroxyl groups is 1. The number of hydrogen-bond donors (Lipinski definition) is 1. The van der Waals surface area contributed by atoms with E-state index in [-0.39, 0.29) is 0 Å². The van der Waals surface area contributed by atoms with Crippen LogP contribution in [0.1, 0.15) is 35.9 Å². The van der Waals surface area contributed by atoms with Crippen molar-refractivity contribution in [3.05, 3.63) is 17.0 Å². The molecule has 3 nitrogen and oxygen atoms in total. The summed E-state index contributed by atoms with van der Waals surface area (Å²) in [6, 6.07) is 3.85. The molecule has 1 fully saturated rings. The third-order valence-corrected chi connectivity index (χ3v) is 4.18. The number of carbonyl (C=O) groups is 1. The Bertz CT molecular complexity index is 373. The Morgan fingerprint density at radius 2 is 2.25 bits per heavy atom. The van der Waals surface area contributed by atoms with Crippen LogP contribution in [-0.2, 0) is 0 Å². The molecule has 0 bridgehead atoms. The Morgan fingerprint density at radius 1 is 1.44 bits per heavy atom. The van der Waals surface area contributed by atoms with Crippen LogP contribution < -0.4 is 4.90 Å². The Hall–Kier alpha value is -0.870. The molecule has 1 unspecified atom stereocenters. The first-order chi connectivity index (χ1) is 7.61. The van der Waals surface area contributed by atoms with Crippen LogP contribution in [0, 0.1) is 0 Å². The summed E-state index contributed by atoms with van der Waals surface area (Å²) in [5, 5.41) is 11.1. The summed E-state index contributed by atoms with van der Waals surface area (Å²) >= 11 is 1.53. The maximum absolute atomic E-state index is 10.6. The molecule has 1 saturated heterocycles.